The summed E-state index contributed by atoms with van der Waals surface area (Å²) in [7, 11) is 4.35. The van der Waals surface area contributed by atoms with E-state index < -0.39 is 0 Å². The number of aryl methyl sites for hydroxylation is 1. The molecule has 1 aliphatic heterocycles. The summed E-state index contributed by atoms with van der Waals surface area (Å²) >= 11 is 0. The topological polar surface area (TPSA) is 41.9 Å². The molecule has 19 heavy (non-hydrogen) atoms. The van der Waals surface area contributed by atoms with Crippen molar-refractivity contribution in [3.63, 3.8) is 0 Å². The molecule has 0 bridgehead atoms. The third-order valence-electron chi connectivity index (χ3n) is 3.34. The van der Waals surface area contributed by atoms with Crippen LogP contribution >= 0.6 is 0 Å². The van der Waals surface area contributed by atoms with E-state index in [1.165, 1.54) is 38.0 Å². The molecule has 108 valence electrons. The predicted molar refractivity (Wildman–Crippen MR) is 77.1 cm³/mol. The highest BCUT2D eigenvalue weighted by molar-refractivity contribution is 5.42. The zero-order chi connectivity index (χ0) is 14.1. The molecule has 1 aliphatic rings. The average Bonchev–Trinajstić information content (AvgIpc) is 2.43. The van der Waals surface area contributed by atoms with Gasteiger partial charge in [0, 0.05) is 7.11 Å². The molecule has 0 spiro atoms. The van der Waals surface area contributed by atoms with E-state index in [1.54, 1.807) is 14.2 Å². The first-order chi connectivity index (χ1) is 9.33. The van der Waals surface area contributed by atoms with Crippen LogP contribution in [0.1, 0.15) is 18.4 Å². The van der Waals surface area contributed by atoms with Gasteiger partial charge in [-0.15, -0.1) is 0 Å². The van der Waals surface area contributed by atoms with Crippen molar-refractivity contribution in [3.8, 4) is 11.5 Å². The van der Waals surface area contributed by atoms with E-state index >= 15 is 0 Å². The molecule has 1 fully saturated rings. The number of aliphatic hydroxyl groups is 1. The first-order valence-electron chi connectivity index (χ1n) is 6.71. The molecule has 0 saturated carbocycles. The van der Waals surface area contributed by atoms with Gasteiger partial charge < -0.3 is 19.5 Å². The van der Waals surface area contributed by atoms with Gasteiger partial charge in [0.15, 0.2) is 11.5 Å². The minimum absolute atomic E-state index is 0.805. The van der Waals surface area contributed by atoms with Gasteiger partial charge in [-0.05, 0) is 56.6 Å². The maximum atomic E-state index is 7.00. The quantitative estimate of drug-likeness (QED) is 0.855. The number of rotatable bonds is 6. The van der Waals surface area contributed by atoms with Gasteiger partial charge in [0.25, 0.3) is 0 Å². The Balaban J connectivity index is 0.000000861. The maximum Gasteiger partial charge on any atom is 0.160 e. The highest BCUT2D eigenvalue weighted by Gasteiger charge is 2.12. The number of benzene rings is 1. The third-order valence-corrected chi connectivity index (χ3v) is 3.34. The minimum Gasteiger partial charge on any atom is -0.493 e. The summed E-state index contributed by atoms with van der Waals surface area (Å²) in [5.74, 6) is 1.63. The second-order valence-electron chi connectivity index (χ2n) is 4.49. The van der Waals surface area contributed by atoms with E-state index in [1.807, 2.05) is 6.07 Å². The van der Waals surface area contributed by atoms with Crippen LogP contribution in [-0.2, 0) is 6.42 Å². The van der Waals surface area contributed by atoms with Crippen molar-refractivity contribution in [1.82, 2.24) is 4.90 Å². The van der Waals surface area contributed by atoms with Gasteiger partial charge in [-0.2, -0.15) is 0 Å². The Morgan fingerprint density at radius 2 is 1.79 bits per heavy atom. The van der Waals surface area contributed by atoms with Gasteiger partial charge in [0.2, 0.25) is 0 Å². The number of ether oxygens (including phenoxy) is 2. The minimum atomic E-state index is 0.805. The molecule has 0 aromatic heterocycles. The largest absolute Gasteiger partial charge is 0.493 e. The van der Waals surface area contributed by atoms with Crippen LogP contribution in [0.5, 0.6) is 11.5 Å². The van der Waals surface area contributed by atoms with Gasteiger partial charge in [-0.3, -0.25) is 0 Å². The molecule has 1 N–H and O–H groups in total. The van der Waals surface area contributed by atoms with Crippen LogP contribution in [0.25, 0.3) is 0 Å². The fourth-order valence-corrected chi connectivity index (χ4v) is 2.15. The lowest BCUT2D eigenvalue weighted by Gasteiger charge is -2.30. The number of nitrogens with zero attached hydrogens (tertiary/aromatic N) is 1. The third kappa shape index (κ3) is 4.73. The lowest BCUT2D eigenvalue weighted by atomic mass is 10.1. The van der Waals surface area contributed by atoms with Crippen molar-refractivity contribution < 1.29 is 14.6 Å². The number of likely N-dealkylation sites (tertiary alicyclic amines) is 1. The van der Waals surface area contributed by atoms with E-state index in [-0.39, 0.29) is 0 Å². The van der Waals surface area contributed by atoms with Crippen molar-refractivity contribution in [2.75, 3.05) is 41.0 Å². The molecule has 2 rings (SSSR count). The van der Waals surface area contributed by atoms with Crippen LogP contribution in [0.2, 0.25) is 0 Å². The SMILES string of the molecule is CO.COc1ccc(CCCN2CCC2)cc1OC. The van der Waals surface area contributed by atoms with Crippen LogP contribution in [0, 0.1) is 0 Å². The van der Waals surface area contributed by atoms with Crippen LogP contribution in [0.3, 0.4) is 0 Å². The van der Waals surface area contributed by atoms with E-state index in [4.69, 9.17) is 14.6 Å². The van der Waals surface area contributed by atoms with Crippen molar-refractivity contribution >= 4 is 0 Å². The second-order valence-corrected chi connectivity index (χ2v) is 4.49. The molecule has 4 nitrogen and oxygen atoms in total. The molecule has 1 aromatic rings. The maximum absolute atomic E-state index is 7.00. The lowest BCUT2D eigenvalue weighted by Crippen LogP contribution is -2.37. The number of methoxy groups -OCH3 is 2. The first-order valence-corrected chi connectivity index (χ1v) is 6.71. The summed E-state index contributed by atoms with van der Waals surface area (Å²) in [6, 6.07) is 6.18. The summed E-state index contributed by atoms with van der Waals surface area (Å²) in [5, 5.41) is 7.00. The Kier molecular flexibility index (Phi) is 7.30. The summed E-state index contributed by atoms with van der Waals surface area (Å²) in [6.07, 6.45) is 3.70. The number of aliphatic hydroxyl groups excluding tert-OH is 1. The second kappa shape index (κ2) is 8.77. The summed E-state index contributed by atoms with van der Waals surface area (Å²) in [6.45, 7) is 3.78. The summed E-state index contributed by atoms with van der Waals surface area (Å²) < 4.78 is 10.5. The van der Waals surface area contributed by atoms with Crippen molar-refractivity contribution in [2.45, 2.75) is 19.3 Å². The molecule has 0 aliphatic carbocycles. The Bertz CT molecular complexity index is 364. The summed E-state index contributed by atoms with van der Waals surface area (Å²) in [4.78, 5) is 2.50. The highest BCUT2D eigenvalue weighted by atomic mass is 16.5. The number of hydrogen-bond acceptors (Lipinski definition) is 4. The van der Waals surface area contributed by atoms with Crippen molar-refractivity contribution in [1.29, 1.82) is 0 Å². The monoisotopic (exact) mass is 267 g/mol. The fourth-order valence-electron chi connectivity index (χ4n) is 2.15. The first kappa shape index (κ1) is 15.8. The molecule has 1 heterocycles. The molecule has 1 aromatic carbocycles. The van der Waals surface area contributed by atoms with E-state index in [2.05, 4.69) is 17.0 Å². The molecule has 4 heteroatoms. The summed E-state index contributed by atoms with van der Waals surface area (Å²) in [5.41, 5.74) is 1.32. The molecular weight excluding hydrogens is 242 g/mol. The molecule has 0 atom stereocenters. The van der Waals surface area contributed by atoms with Gasteiger partial charge in [0.05, 0.1) is 14.2 Å². The van der Waals surface area contributed by atoms with Gasteiger partial charge in [-0.25, -0.2) is 0 Å². The molecule has 1 saturated heterocycles. The fraction of sp³-hybridized carbons (Fsp3) is 0.600. The van der Waals surface area contributed by atoms with Crippen LogP contribution in [0.4, 0.5) is 0 Å². The Labute approximate surface area is 115 Å². The van der Waals surface area contributed by atoms with E-state index in [0.29, 0.717) is 0 Å². The highest BCUT2D eigenvalue weighted by Crippen LogP contribution is 2.28. The van der Waals surface area contributed by atoms with Crippen molar-refractivity contribution in [3.05, 3.63) is 23.8 Å². The van der Waals surface area contributed by atoms with E-state index in [9.17, 15) is 0 Å². The Hall–Kier alpha value is -1.26. The van der Waals surface area contributed by atoms with Gasteiger partial charge in [0.1, 0.15) is 0 Å². The average molecular weight is 267 g/mol. The molecule has 0 amide bonds. The molecular formula is C15H25NO3. The Morgan fingerprint density at radius 3 is 2.32 bits per heavy atom. The van der Waals surface area contributed by atoms with Crippen LogP contribution in [0.15, 0.2) is 18.2 Å². The van der Waals surface area contributed by atoms with Gasteiger partial charge >= 0.3 is 0 Å². The zero-order valence-electron chi connectivity index (χ0n) is 12.2. The molecule has 0 radical (unpaired) electrons. The lowest BCUT2D eigenvalue weighted by molar-refractivity contribution is 0.179. The Morgan fingerprint density at radius 1 is 1.11 bits per heavy atom. The zero-order valence-corrected chi connectivity index (χ0v) is 12.2. The smallest absolute Gasteiger partial charge is 0.160 e. The van der Waals surface area contributed by atoms with Crippen LogP contribution in [-0.4, -0.2) is 51.0 Å². The predicted octanol–water partition coefficient (Wildman–Crippen LogP) is 1.95. The standard InChI is InChI=1S/C14H21NO2.CH4O/c1-16-13-7-6-12(11-14(13)17-2)5-3-8-15-9-4-10-15;1-2/h6-7,11H,3-5,8-10H2,1-2H3;2H,1H3. The van der Waals surface area contributed by atoms with Crippen LogP contribution < -0.4 is 9.47 Å². The van der Waals surface area contributed by atoms with Crippen molar-refractivity contribution in [2.24, 2.45) is 0 Å². The molecule has 0 unspecified atom stereocenters. The van der Waals surface area contributed by atoms with E-state index in [0.717, 1.165) is 25.0 Å². The normalized spacial score (nSPS) is 14.1. The number of hydrogen-bond donors (Lipinski definition) is 1. The van der Waals surface area contributed by atoms with Gasteiger partial charge in [-0.1, -0.05) is 6.07 Å².